The second kappa shape index (κ2) is 7.00. The first-order chi connectivity index (χ1) is 9.04. The van der Waals surface area contributed by atoms with Crippen molar-refractivity contribution in [3.8, 4) is 6.07 Å². The summed E-state index contributed by atoms with van der Waals surface area (Å²) >= 11 is 5.65. The van der Waals surface area contributed by atoms with Crippen molar-refractivity contribution in [3.05, 3.63) is 28.6 Å². The van der Waals surface area contributed by atoms with Gasteiger partial charge in [-0.25, -0.2) is 13.8 Å². The van der Waals surface area contributed by atoms with Crippen LogP contribution in [0.25, 0.3) is 0 Å². The van der Waals surface area contributed by atoms with E-state index in [2.05, 4.69) is 4.98 Å². The van der Waals surface area contributed by atoms with Gasteiger partial charge < -0.3 is 4.74 Å². The van der Waals surface area contributed by atoms with Gasteiger partial charge >= 0.3 is 5.97 Å². The summed E-state index contributed by atoms with van der Waals surface area (Å²) in [4.78, 5) is 15.0. The van der Waals surface area contributed by atoms with Crippen LogP contribution in [0.4, 0.5) is 8.78 Å². The predicted molar refractivity (Wildman–Crippen MR) is 63.8 cm³/mol. The quantitative estimate of drug-likeness (QED) is 0.617. The van der Waals surface area contributed by atoms with E-state index in [-0.39, 0.29) is 35.7 Å². The zero-order chi connectivity index (χ0) is 14.4. The molecule has 0 aromatic carbocycles. The van der Waals surface area contributed by atoms with E-state index in [1.165, 1.54) is 6.20 Å². The lowest BCUT2D eigenvalue weighted by molar-refractivity contribution is -0.142. The molecule has 0 atom stereocenters. The van der Waals surface area contributed by atoms with Gasteiger partial charge in [0.25, 0.3) is 6.43 Å². The molecule has 19 heavy (non-hydrogen) atoms. The van der Waals surface area contributed by atoms with Crippen molar-refractivity contribution in [1.29, 1.82) is 5.26 Å². The third kappa shape index (κ3) is 3.61. The minimum absolute atomic E-state index is 0.0660. The van der Waals surface area contributed by atoms with E-state index < -0.39 is 18.0 Å². The molecule has 0 aliphatic rings. The van der Waals surface area contributed by atoms with Crippen LogP contribution in [0.15, 0.2) is 6.20 Å². The first-order valence-corrected chi connectivity index (χ1v) is 5.99. The Morgan fingerprint density at radius 1 is 1.63 bits per heavy atom. The van der Waals surface area contributed by atoms with E-state index >= 15 is 0 Å². The molecule has 0 radical (unpaired) electrons. The summed E-state index contributed by atoms with van der Waals surface area (Å²) in [5.41, 5.74) is -0.573. The first-order valence-electron chi connectivity index (χ1n) is 5.45. The van der Waals surface area contributed by atoms with E-state index in [1.54, 1.807) is 13.0 Å². The molecule has 7 heteroatoms. The topological polar surface area (TPSA) is 63.0 Å². The highest BCUT2D eigenvalue weighted by Crippen LogP contribution is 2.29. The molecule has 0 amide bonds. The summed E-state index contributed by atoms with van der Waals surface area (Å²) in [7, 11) is 0. The van der Waals surface area contributed by atoms with E-state index in [9.17, 15) is 13.6 Å². The molecule has 0 aliphatic heterocycles. The van der Waals surface area contributed by atoms with Crippen LogP contribution in [-0.2, 0) is 21.8 Å². The predicted octanol–water partition coefficient (Wildman–Crippen LogP) is 2.74. The molecular formula is C12H11ClF2N2O2. The number of nitrogens with zero attached hydrogens (tertiary/aromatic N) is 2. The molecule has 1 aromatic rings. The van der Waals surface area contributed by atoms with Gasteiger partial charge in [0.1, 0.15) is 11.8 Å². The highest BCUT2D eigenvalue weighted by molar-refractivity contribution is 6.17. The normalized spacial score (nSPS) is 10.3. The summed E-state index contributed by atoms with van der Waals surface area (Å²) in [6.07, 6.45) is -1.87. The Kier molecular flexibility index (Phi) is 5.64. The van der Waals surface area contributed by atoms with Gasteiger partial charge in [0, 0.05) is 12.1 Å². The monoisotopic (exact) mass is 288 g/mol. The van der Waals surface area contributed by atoms with Crippen LogP contribution in [-0.4, -0.2) is 17.6 Å². The summed E-state index contributed by atoms with van der Waals surface area (Å²) in [5.74, 6) is -0.786. The van der Waals surface area contributed by atoms with Gasteiger partial charge in [-0.3, -0.25) is 4.79 Å². The Hall–Kier alpha value is -1.74. The van der Waals surface area contributed by atoms with E-state index in [0.717, 1.165) is 0 Å². The zero-order valence-corrected chi connectivity index (χ0v) is 10.9. The Morgan fingerprint density at radius 2 is 2.32 bits per heavy atom. The van der Waals surface area contributed by atoms with Gasteiger partial charge in [-0.2, -0.15) is 5.26 Å². The molecule has 1 heterocycles. The number of hydrogen-bond donors (Lipinski definition) is 0. The second-order valence-electron chi connectivity index (χ2n) is 3.55. The zero-order valence-electron chi connectivity index (χ0n) is 10.1. The maximum atomic E-state index is 13.0. The van der Waals surface area contributed by atoms with Crippen LogP contribution in [0.5, 0.6) is 0 Å². The number of esters is 1. The summed E-state index contributed by atoms with van der Waals surface area (Å²) < 4.78 is 30.7. The average molecular weight is 289 g/mol. The number of hydrogen-bond acceptors (Lipinski definition) is 4. The molecular weight excluding hydrogens is 278 g/mol. The molecule has 0 saturated heterocycles. The Morgan fingerprint density at radius 3 is 2.79 bits per heavy atom. The van der Waals surface area contributed by atoms with Gasteiger partial charge in [-0.15, -0.1) is 11.6 Å². The molecule has 0 N–H and O–H groups in total. The third-order valence-electron chi connectivity index (χ3n) is 2.42. The molecule has 102 valence electrons. The maximum Gasteiger partial charge on any atom is 0.310 e. The van der Waals surface area contributed by atoms with Crippen LogP contribution >= 0.6 is 11.6 Å². The van der Waals surface area contributed by atoms with Crippen LogP contribution in [0.3, 0.4) is 0 Å². The van der Waals surface area contributed by atoms with Crippen molar-refractivity contribution in [2.45, 2.75) is 25.7 Å². The molecule has 0 bridgehead atoms. The number of pyridine rings is 1. The highest BCUT2D eigenvalue weighted by atomic mass is 35.5. The van der Waals surface area contributed by atoms with Gasteiger partial charge in [0.05, 0.1) is 18.6 Å². The van der Waals surface area contributed by atoms with E-state index in [1.807, 2.05) is 0 Å². The lowest BCUT2D eigenvalue weighted by atomic mass is 10.0. The Balaban J connectivity index is 3.24. The summed E-state index contributed by atoms with van der Waals surface area (Å²) in [6, 6.07) is 1.59. The first kappa shape index (κ1) is 15.3. The fourth-order valence-electron chi connectivity index (χ4n) is 1.61. The van der Waals surface area contributed by atoms with Crippen LogP contribution in [0.2, 0.25) is 0 Å². The van der Waals surface area contributed by atoms with Crippen LogP contribution in [0.1, 0.15) is 35.7 Å². The molecule has 0 fully saturated rings. The molecule has 0 saturated carbocycles. The van der Waals surface area contributed by atoms with Gasteiger partial charge in [-0.1, -0.05) is 0 Å². The van der Waals surface area contributed by atoms with E-state index in [0.29, 0.717) is 0 Å². The fourth-order valence-corrected chi connectivity index (χ4v) is 1.92. The molecule has 0 unspecified atom stereocenters. The van der Waals surface area contributed by atoms with Crippen molar-refractivity contribution < 1.29 is 18.3 Å². The van der Waals surface area contributed by atoms with Crippen molar-refractivity contribution in [2.75, 3.05) is 6.61 Å². The number of nitriles is 1. The number of carbonyl (C=O) groups is 1. The number of alkyl halides is 3. The standard InChI is InChI=1S/C12H11ClF2N2O2/c1-2-19-10(18)3-7-6-17-9(5-16)11(12(14)15)8(7)4-13/h6,12H,2-4H2,1H3. The van der Waals surface area contributed by atoms with Crippen molar-refractivity contribution in [1.82, 2.24) is 4.98 Å². The number of halogens is 3. The SMILES string of the molecule is CCOC(=O)Cc1cnc(C#N)c(C(F)F)c1CCl. The fraction of sp³-hybridized carbons (Fsp3) is 0.417. The minimum atomic E-state index is -2.88. The van der Waals surface area contributed by atoms with Crippen molar-refractivity contribution >= 4 is 17.6 Å². The second-order valence-corrected chi connectivity index (χ2v) is 3.82. The Labute approximate surface area is 114 Å². The summed E-state index contributed by atoms with van der Waals surface area (Å²) in [6.45, 7) is 1.84. The van der Waals surface area contributed by atoms with Crippen LogP contribution < -0.4 is 0 Å². The number of rotatable bonds is 5. The molecule has 1 rings (SSSR count). The lowest BCUT2D eigenvalue weighted by Gasteiger charge is -2.12. The maximum absolute atomic E-state index is 13.0. The smallest absolute Gasteiger partial charge is 0.310 e. The number of aromatic nitrogens is 1. The van der Waals surface area contributed by atoms with Crippen molar-refractivity contribution in [2.24, 2.45) is 0 Å². The highest BCUT2D eigenvalue weighted by Gasteiger charge is 2.22. The molecule has 1 aromatic heterocycles. The van der Waals surface area contributed by atoms with Crippen LogP contribution in [0, 0.1) is 11.3 Å². The molecule has 0 aliphatic carbocycles. The average Bonchev–Trinajstić information content (AvgIpc) is 2.38. The number of carbonyl (C=O) groups excluding carboxylic acids is 1. The molecule has 4 nitrogen and oxygen atoms in total. The van der Waals surface area contributed by atoms with Gasteiger partial charge in [0.2, 0.25) is 0 Å². The van der Waals surface area contributed by atoms with Gasteiger partial charge in [-0.05, 0) is 18.1 Å². The lowest BCUT2D eigenvalue weighted by Crippen LogP contribution is -2.12. The van der Waals surface area contributed by atoms with E-state index in [4.69, 9.17) is 21.6 Å². The number of ether oxygens (including phenoxy) is 1. The largest absolute Gasteiger partial charge is 0.466 e. The minimum Gasteiger partial charge on any atom is -0.466 e. The summed E-state index contributed by atoms with van der Waals surface area (Å²) in [5, 5.41) is 8.76. The Bertz CT molecular complexity index is 515. The third-order valence-corrected chi connectivity index (χ3v) is 2.68. The molecule has 0 spiro atoms. The van der Waals surface area contributed by atoms with Gasteiger partial charge in [0.15, 0.2) is 0 Å². The van der Waals surface area contributed by atoms with Crippen molar-refractivity contribution in [3.63, 3.8) is 0 Å².